The van der Waals surface area contributed by atoms with Crippen LogP contribution >= 0.6 is 0 Å². The Morgan fingerprint density at radius 2 is 1.04 bits per heavy atom. The Morgan fingerprint density at radius 3 is 1.54 bits per heavy atom. The van der Waals surface area contributed by atoms with Crippen molar-refractivity contribution in [2.24, 2.45) is 23.7 Å². The molecule has 0 spiro atoms. The lowest BCUT2D eigenvalue weighted by atomic mass is 9.69. The van der Waals surface area contributed by atoms with Crippen LogP contribution in [0.5, 0.6) is 0 Å². The van der Waals surface area contributed by atoms with E-state index in [2.05, 4.69) is 21.3 Å². The summed E-state index contributed by atoms with van der Waals surface area (Å²) in [4.78, 5) is 67.3. The Hall–Kier alpha value is -2.93. The number of amides is 4. The Bertz CT molecular complexity index is 1250. The minimum Gasteiger partial charge on any atom is -0.469 e. The molecule has 8 atom stereocenters. The predicted octanol–water partition coefficient (Wildman–Crippen LogP) is 4.30. The van der Waals surface area contributed by atoms with Gasteiger partial charge in [-0.15, -0.1) is 10.3 Å². The highest BCUT2D eigenvalue weighted by Gasteiger charge is 2.56. The summed E-state index contributed by atoms with van der Waals surface area (Å²) in [5.74, 6) is -3.45. The van der Waals surface area contributed by atoms with Gasteiger partial charge in [-0.2, -0.15) is 0 Å². The SMILES string of the molecule is COC(=O)[C@H]1CCCC[C@@H]1NC(=O)[C@H]1CCCC[C@@H]1NC(=O)[C@@H]1[C@@H](NC(=O)[C@H]2CCCC[C@@H]2NC(=O)OC(C)(C)C)CC(C)(C)N([O])C1(C)C. The number of ether oxygens (including phenoxy) is 2. The molecule has 283 valence electrons. The zero-order chi connectivity index (χ0) is 37.0. The second-order valence-electron chi connectivity index (χ2n) is 17.2. The van der Waals surface area contributed by atoms with Gasteiger partial charge >= 0.3 is 12.1 Å². The molecule has 1 heterocycles. The molecular weight excluding hydrogens is 642 g/mol. The molecular formula is C37H62N5O8. The van der Waals surface area contributed by atoms with Crippen molar-refractivity contribution in [3.63, 3.8) is 0 Å². The van der Waals surface area contributed by atoms with E-state index in [1.807, 2.05) is 13.8 Å². The van der Waals surface area contributed by atoms with Crippen LogP contribution in [0.4, 0.5) is 4.79 Å². The number of hydrogen-bond donors (Lipinski definition) is 4. The van der Waals surface area contributed by atoms with E-state index in [0.29, 0.717) is 38.5 Å². The number of alkyl carbamates (subject to hydrolysis) is 1. The fourth-order valence-electron chi connectivity index (χ4n) is 9.06. The number of piperidine rings is 1. The van der Waals surface area contributed by atoms with Crippen molar-refractivity contribution in [1.29, 1.82) is 0 Å². The van der Waals surface area contributed by atoms with Crippen LogP contribution in [0.3, 0.4) is 0 Å². The molecule has 4 fully saturated rings. The molecule has 4 amide bonds. The zero-order valence-corrected chi connectivity index (χ0v) is 31.5. The average molecular weight is 705 g/mol. The third-order valence-corrected chi connectivity index (χ3v) is 11.4. The molecule has 0 aromatic heterocycles. The molecule has 1 radical (unpaired) electrons. The van der Waals surface area contributed by atoms with Crippen molar-refractivity contribution in [1.82, 2.24) is 26.3 Å². The molecule has 13 heteroatoms. The number of carbonyl (C=O) groups excluding carboxylic acids is 5. The van der Waals surface area contributed by atoms with Crippen LogP contribution in [-0.4, -0.2) is 82.8 Å². The second kappa shape index (κ2) is 16.2. The zero-order valence-electron chi connectivity index (χ0n) is 31.5. The Morgan fingerprint density at radius 1 is 0.620 bits per heavy atom. The summed E-state index contributed by atoms with van der Waals surface area (Å²) in [6, 6.07) is -1.86. The number of methoxy groups -OCH3 is 1. The molecule has 4 N–H and O–H groups in total. The highest BCUT2D eigenvalue weighted by atomic mass is 16.6. The van der Waals surface area contributed by atoms with Gasteiger partial charge in [0.05, 0.1) is 36.3 Å². The van der Waals surface area contributed by atoms with E-state index in [-0.39, 0.29) is 36.2 Å². The molecule has 50 heavy (non-hydrogen) atoms. The third-order valence-electron chi connectivity index (χ3n) is 11.4. The molecule has 4 rings (SSSR count). The summed E-state index contributed by atoms with van der Waals surface area (Å²) in [6.07, 6.45) is 8.61. The first kappa shape index (κ1) is 39.8. The summed E-state index contributed by atoms with van der Waals surface area (Å²) in [5, 5.41) is 27.1. The Labute approximate surface area is 298 Å². The van der Waals surface area contributed by atoms with Crippen LogP contribution in [0.1, 0.15) is 132 Å². The van der Waals surface area contributed by atoms with E-state index in [1.54, 1.807) is 34.6 Å². The topological polar surface area (TPSA) is 175 Å². The summed E-state index contributed by atoms with van der Waals surface area (Å²) in [5.41, 5.74) is -2.74. The quantitative estimate of drug-likeness (QED) is 0.271. The van der Waals surface area contributed by atoms with Gasteiger partial charge in [-0.25, -0.2) is 4.79 Å². The fourth-order valence-corrected chi connectivity index (χ4v) is 9.06. The first-order chi connectivity index (χ1) is 23.4. The van der Waals surface area contributed by atoms with Crippen LogP contribution in [0.15, 0.2) is 0 Å². The van der Waals surface area contributed by atoms with Gasteiger partial charge in [0.15, 0.2) is 0 Å². The summed E-state index contributed by atoms with van der Waals surface area (Å²) in [7, 11) is 1.36. The normalized spacial score (nSPS) is 32.9. The highest BCUT2D eigenvalue weighted by molar-refractivity contribution is 5.86. The monoisotopic (exact) mass is 704 g/mol. The number of hydroxylamine groups is 2. The maximum absolute atomic E-state index is 14.4. The molecule has 1 aliphatic heterocycles. The van der Waals surface area contributed by atoms with E-state index in [4.69, 9.17) is 9.47 Å². The van der Waals surface area contributed by atoms with E-state index < -0.39 is 64.6 Å². The van der Waals surface area contributed by atoms with Crippen molar-refractivity contribution in [2.45, 2.75) is 173 Å². The minimum absolute atomic E-state index is 0.184. The number of nitrogens with one attached hydrogen (secondary N) is 4. The fraction of sp³-hybridized carbons (Fsp3) is 0.865. The van der Waals surface area contributed by atoms with Crippen molar-refractivity contribution in [3.05, 3.63) is 0 Å². The van der Waals surface area contributed by atoms with Gasteiger partial charge in [0.1, 0.15) is 5.60 Å². The van der Waals surface area contributed by atoms with Gasteiger partial charge in [0, 0.05) is 29.7 Å². The first-order valence-corrected chi connectivity index (χ1v) is 18.8. The summed E-state index contributed by atoms with van der Waals surface area (Å²) in [6.45, 7) is 12.5. The maximum Gasteiger partial charge on any atom is 0.407 e. The lowest BCUT2D eigenvalue weighted by Gasteiger charge is -2.54. The smallest absolute Gasteiger partial charge is 0.407 e. The van der Waals surface area contributed by atoms with Gasteiger partial charge in [-0.3, -0.25) is 19.2 Å². The highest BCUT2D eigenvalue weighted by Crippen LogP contribution is 2.42. The summed E-state index contributed by atoms with van der Waals surface area (Å²) < 4.78 is 10.5. The molecule has 4 aliphatic rings. The third kappa shape index (κ3) is 9.48. The van der Waals surface area contributed by atoms with E-state index in [1.165, 1.54) is 7.11 Å². The second-order valence-corrected chi connectivity index (χ2v) is 17.2. The standard InChI is InChI=1S/C37H62N5O8/c1-35(2,3)50-34(47)41-26-19-13-10-16-23(26)31(44)40-28-21-36(4,5)42(48)37(6,7)29(28)32(45)39-25-18-12-9-15-22(25)30(43)38-27-20-14-11-17-24(27)33(46)49-8/h22-29H,9-21H2,1-8H3,(H,38,43)(H,39,45)(H,40,44)(H,41,47)/t22-,23-,24-,25-,26-,27-,28-,29-/m0/s1. The molecule has 0 aromatic carbocycles. The van der Waals surface area contributed by atoms with Gasteiger partial charge in [0.25, 0.3) is 0 Å². The van der Waals surface area contributed by atoms with Crippen molar-refractivity contribution >= 4 is 29.8 Å². The number of carbonyl (C=O) groups is 5. The number of esters is 1. The minimum atomic E-state index is -1.19. The van der Waals surface area contributed by atoms with Crippen LogP contribution in [-0.2, 0) is 33.9 Å². The maximum atomic E-state index is 14.4. The van der Waals surface area contributed by atoms with E-state index in [0.717, 1.165) is 43.6 Å². The largest absolute Gasteiger partial charge is 0.469 e. The lowest BCUT2D eigenvalue weighted by molar-refractivity contribution is -0.301. The molecule has 3 saturated carbocycles. The Kier molecular flexibility index (Phi) is 12.9. The Balaban J connectivity index is 1.52. The van der Waals surface area contributed by atoms with Crippen LogP contribution in [0.25, 0.3) is 0 Å². The molecule has 1 saturated heterocycles. The molecule has 0 bridgehead atoms. The van der Waals surface area contributed by atoms with Gasteiger partial charge in [-0.1, -0.05) is 38.5 Å². The van der Waals surface area contributed by atoms with Gasteiger partial charge < -0.3 is 30.7 Å². The van der Waals surface area contributed by atoms with Crippen LogP contribution < -0.4 is 21.3 Å². The first-order valence-electron chi connectivity index (χ1n) is 18.8. The molecule has 3 aliphatic carbocycles. The number of rotatable bonds is 8. The average Bonchev–Trinajstić information content (AvgIpc) is 3.03. The number of nitrogens with zero attached hydrogens (tertiary/aromatic N) is 1. The van der Waals surface area contributed by atoms with Gasteiger partial charge in [-0.05, 0) is 93.4 Å². The van der Waals surface area contributed by atoms with E-state index in [9.17, 15) is 29.2 Å². The molecule has 0 unspecified atom stereocenters. The van der Waals surface area contributed by atoms with Crippen molar-refractivity contribution < 1.29 is 38.7 Å². The van der Waals surface area contributed by atoms with Crippen LogP contribution in [0.2, 0.25) is 0 Å². The summed E-state index contributed by atoms with van der Waals surface area (Å²) >= 11 is 0. The number of hydrogen-bond acceptors (Lipinski definition) is 8. The van der Waals surface area contributed by atoms with Gasteiger partial charge in [0.2, 0.25) is 17.7 Å². The molecule has 0 aromatic rings. The van der Waals surface area contributed by atoms with Crippen molar-refractivity contribution in [2.75, 3.05) is 7.11 Å². The van der Waals surface area contributed by atoms with E-state index >= 15 is 0 Å². The van der Waals surface area contributed by atoms with Crippen molar-refractivity contribution in [3.8, 4) is 0 Å². The predicted molar refractivity (Wildman–Crippen MR) is 186 cm³/mol. The molecule has 13 nitrogen and oxygen atoms in total. The van der Waals surface area contributed by atoms with Crippen LogP contribution in [0, 0.1) is 23.7 Å². The lowest BCUT2D eigenvalue weighted by Crippen LogP contribution is -2.71.